The average Bonchev–Trinajstić information content (AvgIpc) is 3.45. The molecular weight excluding hydrogens is 452 g/mol. The number of hydrogen-bond donors (Lipinski definition) is 0. The molecule has 1 saturated carbocycles. The van der Waals surface area contributed by atoms with Gasteiger partial charge in [0.05, 0.1) is 11.9 Å². The summed E-state index contributed by atoms with van der Waals surface area (Å²) in [5.41, 5.74) is 2.19. The van der Waals surface area contributed by atoms with Gasteiger partial charge in [-0.05, 0) is 76.9 Å². The largest absolute Gasteiger partial charge is 0.277 e. The molecule has 4 rings (SSSR count). The van der Waals surface area contributed by atoms with Gasteiger partial charge >= 0.3 is 0 Å². The molecule has 2 atom stereocenters. The zero-order valence-electron chi connectivity index (χ0n) is 15.0. The van der Waals surface area contributed by atoms with Crippen LogP contribution >= 0.6 is 27.5 Å². The molecule has 1 aliphatic rings. The molecule has 1 fully saturated rings. The molecule has 144 valence electrons. The van der Waals surface area contributed by atoms with Crippen LogP contribution in [0, 0.1) is 25.5 Å². The van der Waals surface area contributed by atoms with Gasteiger partial charge in [0.25, 0.3) is 5.56 Å². The highest BCUT2D eigenvalue weighted by atomic mass is 79.9. The molecule has 0 spiro atoms. The van der Waals surface area contributed by atoms with Crippen molar-refractivity contribution < 1.29 is 8.78 Å². The normalized spacial score (nSPS) is 18.4. The van der Waals surface area contributed by atoms with Crippen molar-refractivity contribution in [3.63, 3.8) is 0 Å². The van der Waals surface area contributed by atoms with E-state index < -0.39 is 17.2 Å². The second-order valence-electron chi connectivity index (χ2n) is 6.98. The molecule has 0 N–H and O–H groups in total. The zero-order chi connectivity index (χ0) is 20.2. The van der Waals surface area contributed by atoms with Crippen molar-refractivity contribution in [2.24, 2.45) is 0 Å². The van der Waals surface area contributed by atoms with Crippen LogP contribution in [0.25, 0.3) is 5.69 Å². The summed E-state index contributed by atoms with van der Waals surface area (Å²) >= 11 is 9.47. The molecule has 0 saturated heterocycles. The molecule has 3 aromatic rings. The first-order valence-corrected chi connectivity index (χ1v) is 9.80. The summed E-state index contributed by atoms with van der Waals surface area (Å²) in [4.78, 5) is 20.8. The topological polar surface area (TPSA) is 47.8 Å². The van der Waals surface area contributed by atoms with Gasteiger partial charge in [0.15, 0.2) is 5.82 Å². The van der Waals surface area contributed by atoms with Crippen molar-refractivity contribution >= 4 is 27.5 Å². The summed E-state index contributed by atoms with van der Waals surface area (Å²) in [7, 11) is 0. The Hall–Kier alpha value is -2.12. The highest BCUT2D eigenvalue weighted by Gasteiger charge is 2.42. The van der Waals surface area contributed by atoms with Gasteiger partial charge in [-0.25, -0.2) is 13.8 Å². The van der Waals surface area contributed by atoms with E-state index in [0.717, 1.165) is 18.2 Å². The summed E-state index contributed by atoms with van der Waals surface area (Å²) in [6.45, 7) is 3.41. The highest BCUT2D eigenvalue weighted by Crippen LogP contribution is 2.55. The standard InChI is InChI=1S/C20H15BrClF2N3O/c1-9-6-26-19(21)17(24)18(9)27-10(2)3-15(16(22)20(27)28)14-5-13(14)11-4-12(23)8-25-7-11/h3-4,6-8,13-14H,5H2,1-2H3/t13-,14+/m1/s1. The van der Waals surface area contributed by atoms with Gasteiger partial charge in [0.2, 0.25) is 0 Å². The molecule has 0 radical (unpaired) electrons. The van der Waals surface area contributed by atoms with Crippen LogP contribution in [0.2, 0.25) is 5.02 Å². The van der Waals surface area contributed by atoms with Gasteiger partial charge in [0, 0.05) is 18.1 Å². The Labute approximate surface area is 173 Å². The number of nitrogens with zero attached hydrogens (tertiary/aromatic N) is 3. The van der Waals surface area contributed by atoms with E-state index in [0.29, 0.717) is 16.8 Å². The Morgan fingerprint density at radius 1 is 1.18 bits per heavy atom. The van der Waals surface area contributed by atoms with Crippen molar-refractivity contribution in [2.45, 2.75) is 32.1 Å². The van der Waals surface area contributed by atoms with Crippen LogP contribution in [0.1, 0.15) is 40.6 Å². The predicted molar refractivity (Wildman–Crippen MR) is 106 cm³/mol. The fraction of sp³-hybridized carbons (Fsp3) is 0.250. The predicted octanol–water partition coefficient (Wildman–Crippen LogP) is 5.21. The molecule has 0 amide bonds. The third-order valence-corrected chi connectivity index (χ3v) is 6.00. The molecule has 28 heavy (non-hydrogen) atoms. The minimum absolute atomic E-state index is 0.00673. The van der Waals surface area contributed by atoms with Gasteiger partial charge in [-0.2, -0.15) is 0 Å². The average molecular weight is 467 g/mol. The third kappa shape index (κ3) is 3.16. The Morgan fingerprint density at radius 2 is 1.93 bits per heavy atom. The number of pyridine rings is 3. The van der Waals surface area contributed by atoms with Crippen molar-refractivity contribution in [3.8, 4) is 5.69 Å². The summed E-state index contributed by atoms with van der Waals surface area (Å²) in [6, 6.07) is 3.25. The van der Waals surface area contributed by atoms with Crippen molar-refractivity contribution in [2.75, 3.05) is 0 Å². The minimum Gasteiger partial charge on any atom is -0.277 e. The molecule has 0 bridgehead atoms. The number of halogens is 4. The number of rotatable bonds is 3. The van der Waals surface area contributed by atoms with Crippen LogP contribution in [0.5, 0.6) is 0 Å². The Balaban J connectivity index is 1.79. The van der Waals surface area contributed by atoms with Gasteiger partial charge in [-0.15, -0.1) is 0 Å². The molecule has 0 unspecified atom stereocenters. The maximum atomic E-state index is 14.7. The van der Waals surface area contributed by atoms with Gasteiger partial charge < -0.3 is 0 Å². The lowest BCUT2D eigenvalue weighted by molar-refractivity contribution is 0.597. The fourth-order valence-electron chi connectivity index (χ4n) is 3.64. The first-order chi connectivity index (χ1) is 13.3. The van der Waals surface area contributed by atoms with E-state index in [2.05, 4.69) is 25.9 Å². The van der Waals surface area contributed by atoms with Gasteiger partial charge in [0.1, 0.15) is 15.4 Å². The van der Waals surface area contributed by atoms with E-state index in [4.69, 9.17) is 11.6 Å². The first kappa shape index (κ1) is 19.2. The zero-order valence-corrected chi connectivity index (χ0v) is 17.4. The Kier molecular flexibility index (Phi) is 4.83. The maximum Gasteiger partial charge on any atom is 0.274 e. The van der Waals surface area contributed by atoms with E-state index >= 15 is 0 Å². The van der Waals surface area contributed by atoms with Crippen LogP contribution in [-0.2, 0) is 0 Å². The monoisotopic (exact) mass is 465 g/mol. The lowest BCUT2D eigenvalue weighted by Gasteiger charge is -2.16. The summed E-state index contributed by atoms with van der Waals surface area (Å²) < 4.78 is 29.4. The first-order valence-electron chi connectivity index (χ1n) is 8.63. The number of aromatic nitrogens is 3. The van der Waals surface area contributed by atoms with E-state index in [9.17, 15) is 13.6 Å². The quantitative estimate of drug-likeness (QED) is 0.498. The Bertz CT molecular complexity index is 1160. The van der Waals surface area contributed by atoms with Crippen LogP contribution in [-0.4, -0.2) is 14.5 Å². The van der Waals surface area contributed by atoms with Crippen molar-refractivity contribution in [1.82, 2.24) is 14.5 Å². The molecule has 8 heteroatoms. The second-order valence-corrected chi connectivity index (χ2v) is 8.10. The Morgan fingerprint density at radius 3 is 2.64 bits per heavy atom. The van der Waals surface area contributed by atoms with E-state index in [1.54, 1.807) is 26.1 Å². The number of aryl methyl sites for hydroxylation is 2. The third-order valence-electron chi connectivity index (χ3n) is 5.06. The van der Waals surface area contributed by atoms with Gasteiger partial charge in [-0.3, -0.25) is 14.3 Å². The molecule has 3 aromatic heterocycles. The second kappa shape index (κ2) is 7.04. The molecule has 3 heterocycles. The van der Waals surface area contributed by atoms with E-state index in [1.165, 1.54) is 16.8 Å². The van der Waals surface area contributed by atoms with Crippen molar-refractivity contribution in [3.05, 3.63) is 84.7 Å². The van der Waals surface area contributed by atoms with Crippen LogP contribution in [0.3, 0.4) is 0 Å². The van der Waals surface area contributed by atoms with Crippen LogP contribution in [0.15, 0.2) is 40.1 Å². The molecule has 1 aliphatic carbocycles. The van der Waals surface area contributed by atoms with E-state index in [1.807, 2.05) is 0 Å². The maximum absolute atomic E-state index is 14.7. The fourth-order valence-corrected chi connectivity index (χ4v) is 4.21. The van der Waals surface area contributed by atoms with Crippen LogP contribution < -0.4 is 5.56 Å². The highest BCUT2D eigenvalue weighted by molar-refractivity contribution is 9.10. The summed E-state index contributed by atoms with van der Waals surface area (Å²) in [6.07, 6.45) is 5.03. The SMILES string of the molecule is Cc1cnc(Br)c(F)c1-n1c(C)cc([C@H]2C[C@@H]2c2cncc(F)c2)c(Cl)c1=O. The number of hydrogen-bond acceptors (Lipinski definition) is 3. The lowest BCUT2D eigenvalue weighted by Crippen LogP contribution is -2.24. The lowest BCUT2D eigenvalue weighted by atomic mass is 10.1. The minimum atomic E-state index is -0.621. The van der Waals surface area contributed by atoms with Crippen LogP contribution in [0.4, 0.5) is 8.78 Å². The van der Waals surface area contributed by atoms with E-state index in [-0.39, 0.29) is 27.1 Å². The van der Waals surface area contributed by atoms with Crippen molar-refractivity contribution in [1.29, 1.82) is 0 Å². The summed E-state index contributed by atoms with van der Waals surface area (Å²) in [5.74, 6) is -0.949. The molecular formula is C20H15BrClF2N3O. The smallest absolute Gasteiger partial charge is 0.274 e. The summed E-state index contributed by atoms with van der Waals surface area (Å²) in [5, 5.41) is 0.0502. The van der Waals surface area contributed by atoms with Gasteiger partial charge in [-0.1, -0.05) is 11.6 Å². The molecule has 0 aliphatic heterocycles. The molecule has 0 aromatic carbocycles. The molecule has 4 nitrogen and oxygen atoms in total.